The fourth-order valence-electron chi connectivity index (χ4n) is 2.18. The summed E-state index contributed by atoms with van der Waals surface area (Å²) in [7, 11) is -3.57. The van der Waals surface area contributed by atoms with E-state index in [1.807, 2.05) is 36.4 Å². The molecule has 0 amide bonds. The van der Waals surface area contributed by atoms with Crippen molar-refractivity contribution in [3.8, 4) is 6.07 Å². The predicted molar refractivity (Wildman–Crippen MR) is 87.9 cm³/mol. The van der Waals surface area contributed by atoms with Crippen LogP contribution < -0.4 is 4.72 Å². The monoisotopic (exact) mass is 330 g/mol. The lowest BCUT2D eigenvalue weighted by Crippen LogP contribution is -2.34. The van der Waals surface area contributed by atoms with E-state index in [0.717, 1.165) is 5.56 Å². The Morgan fingerprint density at radius 3 is 2.48 bits per heavy atom. The van der Waals surface area contributed by atoms with Gasteiger partial charge in [-0.1, -0.05) is 42.5 Å². The molecular weight excluding hydrogens is 312 g/mol. The molecule has 0 radical (unpaired) electrons. The van der Waals surface area contributed by atoms with Crippen molar-refractivity contribution in [2.24, 2.45) is 0 Å². The maximum absolute atomic E-state index is 12.1. The number of nitriles is 1. The second-order valence-electron chi connectivity index (χ2n) is 5.26. The van der Waals surface area contributed by atoms with Gasteiger partial charge in [-0.25, -0.2) is 13.1 Å². The molecule has 0 aliphatic carbocycles. The number of aliphatic hydroxyl groups excluding tert-OH is 1. The van der Waals surface area contributed by atoms with Crippen LogP contribution in [0.25, 0.3) is 0 Å². The summed E-state index contributed by atoms with van der Waals surface area (Å²) < 4.78 is 26.5. The van der Waals surface area contributed by atoms with Gasteiger partial charge in [0.2, 0.25) is 10.0 Å². The first kappa shape index (κ1) is 17.2. The molecule has 0 saturated heterocycles. The molecule has 2 aromatic carbocycles. The van der Waals surface area contributed by atoms with Crippen LogP contribution in [-0.2, 0) is 22.2 Å². The predicted octanol–water partition coefficient (Wildman–Crippen LogP) is 1.58. The number of nitrogens with zero attached hydrogens (tertiary/aromatic N) is 1. The minimum Gasteiger partial charge on any atom is -0.391 e. The molecule has 120 valence electrons. The van der Waals surface area contributed by atoms with Crippen LogP contribution >= 0.6 is 0 Å². The second kappa shape index (κ2) is 7.88. The fourth-order valence-corrected chi connectivity index (χ4v) is 3.35. The van der Waals surface area contributed by atoms with Gasteiger partial charge in [0.05, 0.1) is 23.5 Å². The summed E-state index contributed by atoms with van der Waals surface area (Å²) in [6.07, 6.45) is -0.412. The van der Waals surface area contributed by atoms with Crippen LogP contribution in [0, 0.1) is 11.3 Å². The lowest BCUT2D eigenvalue weighted by molar-refractivity contribution is 0.179. The Bertz CT molecular complexity index is 783. The molecule has 0 spiro atoms. The highest BCUT2D eigenvalue weighted by atomic mass is 32.2. The Morgan fingerprint density at radius 1 is 1.09 bits per heavy atom. The number of sulfonamides is 1. The van der Waals surface area contributed by atoms with Gasteiger partial charge >= 0.3 is 0 Å². The van der Waals surface area contributed by atoms with E-state index in [9.17, 15) is 13.5 Å². The molecule has 5 nitrogen and oxygen atoms in total. The second-order valence-corrected chi connectivity index (χ2v) is 7.07. The van der Waals surface area contributed by atoms with Crippen molar-refractivity contribution in [3.63, 3.8) is 0 Å². The topological polar surface area (TPSA) is 90.2 Å². The third-order valence-corrected chi connectivity index (χ3v) is 4.59. The standard InChI is InChI=1S/C17H18N2O3S/c18-11-15-7-4-8-16(9-15)13-23(21,22)19-12-17(20)10-14-5-2-1-3-6-14/h1-9,17,19-20H,10,12-13H2/t17-/m1/s1. The molecule has 2 N–H and O–H groups in total. The number of rotatable bonds is 7. The zero-order chi connectivity index (χ0) is 16.7. The Hall–Kier alpha value is -2.20. The normalized spacial score (nSPS) is 12.5. The first-order chi connectivity index (χ1) is 11.0. The van der Waals surface area contributed by atoms with Crippen LogP contribution in [-0.4, -0.2) is 26.2 Å². The molecule has 0 saturated carbocycles. The number of hydrogen-bond acceptors (Lipinski definition) is 4. The molecular formula is C17H18N2O3S. The summed E-state index contributed by atoms with van der Waals surface area (Å²) in [5.74, 6) is -0.222. The minimum atomic E-state index is -3.57. The molecule has 0 heterocycles. The van der Waals surface area contributed by atoms with Crippen LogP contribution in [0.5, 0.6) is 0 Å². The molecule has 6 heteroatoms. The number of nitrogens with one attached hydrogen (secondary N) is 1. The molecule has 0 aromatic heterocycles. The number of hydrogen-bond donors (Lipinski definition) is 2. The quantitative estimate of drug-likeness (QED) is 0.806. The maximum atomic E-state index is 12.1. The van der Waals surface area contributed by atoms with Crippen LogP contribution in [0.3, 0.4) is 0 Å². The van der Waals surface area contributed by atoms with E-state index < -0.39 is 16.1 Å². The SMILES string of the molecule is N#Cc1cccc(CS(=O)(=O)NC[C@H](O)Cc2ccccc2)c1. The summed E-state index contributed by atoms with van der Waals surface area (Å²) in [5.41, 5.74) is 1.90. The smallest absolute Gasteiger partial charge is 0.215 e. The van der Waals surface area contributed by atoms with Crippen LogP contribution in [0.15, 0.2) is 54.6 Å². The van der Waals surface area contributed by atoms with E-state index in [4.69, 9.17) is 5.26 Å². The molecule has 0 aliphatic rings. The average molecular weight is 330 g/mol. The molecule has 1 atom stereocenters. The summed E-state index contributed by atoms with van der Waals surface area (Å²) in [6, 6.07) is 17.8. The van der Waals surface area contributed by atoms with Crippen molar-refractivity contribution in [3.05, 3.63) is 71.3 Å². The Balaban J connectivity index is 1.89. The van der Waals surface area contributed by atoms with Crippen molar-refractivity contribution in [1.29, 1.82) is 5.26 Å². The lowest BCUT2D eigenvalue weighted by Gasteiger charge is -2.12. The summed E-state index contributed by atoms with van der Waals surface area (Å²) in [5, 5.41) is 18.8. The van der Waals surface area contributed by atoms with Crippen LogP contribution in [0.4, 0.5) is 0 Å². The molecule has 0 bridgehead atoms. The summed E-state index contributed by atoms with van der Waals surface area (Å²) in [6.45, 7) is -0.0465. The van der Waals surface area contributed by atoms with Gasteiger partial charge in [-0.05, 0) is 29.7 Å². The van der Waals surface area contributed by atoms with E-state index in [2.05, 4.69) is 4.72 Å². The van der Waals surface area contributed by atoms with Crippen molar-refractivity contribution in [2.75, 3.05) is 6.54 Å². The number of aliphatic hydroxyl groups is 1. The van der Waals surface area contributed by atoms with Crippen LogP contribution in [0.1, 0.15) is 16.7 Å². The van der Waals surface area contributed by atoms with Crippen LogP contribution in [0.2, 0.25) is 0 Å². The van der Waals surface area contributed by atoms with E-state index >= 15 is 0 Å². The lowest BCUT2D eigenvalue weighted by atomic mass is 10.1. The fraction of sp³-hybridized carbons (Fsp3) is 0.235. The third-order valence-electron chi connectivity index (χ3n) is 3.27. The molecule has 2 rings (SSSR count). The molecule has 0 unspecified atom stereocenters. The average Bonchev–Trinajstić information content (AvgIpc) is 2.54. The van der Waals surface area contributed by atoms with Gasteiger partial charge in [0.25, 0.3) is 0 Å². The Kier molecular flexibility index (Phi) is 5.88. The minimum absolute atomic E-state index is 0.0465. The van der Waals surface area contributed by atoms with E-state index in [1.165, 1.54) is 0 Å². The largest absolute Gasteiger partial charge is 0.391 e. The van der Waals surface area contributed by atoms with Gasteiger partial charge in [-0.3, -0.25) is 0 Å². The first-order valence-corrected chi connectivity index (χ1v) is 8.82. The Labute approximate surface area is 136 Å². The molecule has 23 heavy (non-hydrogen) atoms. The van der Waals surface area contributed by atoms with Crippen molar-refractivity contribution < 1.29 is 13.5 Å². The Morgan fingerprint density at radius 2 is 1.78 bits per heavy atom. The summed E-state index contributed by atoms with van der Waals surface area (Å²) in [4.78, 5) is 0. The zero-order valence-electron chi connectivity index (χ0n) is 12.5. The van der Waals surface area contributed by atoms with Gasteiger partial charge in [0.15, 0.2) is 0 Å². The van der Waals surface area contributed by atoms with E-state index in [1.54, 1.807) is 24.3 Å². The molecule has 0 fully saturated rings. The number of benzene rings is 2. The van der Waals surface area contributed by atoms with Crippen molar-refractivity contribution in [2.45, 2.75) is 18.3 Å². The zero-order valence-corrected chi connectivity index (χ0v) is 13.3. The summed E-state index contributed by atoms with van der Waals surface area (Å²) >= 11 is 0. The van der Waals surface area contributed by atoms with Gasteiger partial charge < -0.3 is 5.11 Å². The molecule has 2 aromatic rings. The third kappa shape index (κ3) is 5.83. The maximum Gasteiger partial charge on any atom is 0.215 e. The van der Waals surface area contributed by atoms with Gasteiger partial charge in [-0.2, -0.15) is 5.26 Å². The molecule has 0 aliphatic heterocycles. The highest BCUT2D eigenvalue weighted by molar-refractivity contribution is 7.88. The van der Waals surface area contributed by atoms with Gasteiger partial charge in [-0.15, -0.1) is 0 Å². The van der Waals surface area contributed by atoms with E-state index in [0.29, 0.717) is 17.5 Å². The first-order valence-electron chi connectivity index (χ1n) is 7.17. The van der Waals surface area contributed by atoms with E-state index in [-0.39, 0.29) is 12.3 Å². The van der Waals surface area contributed by atoms with Gasteiger partial charge in [0, 0.05) is 6.54 Å². The highest BCUT2D eigenvalue weighted by Gasteiger charge is 2.14. The van der Waals surface area contributed by atoms with Crippen molar-refractivity contribution >= 4 is 10.0 Å². The highest BCUT2D eigenvalue weighted by Crippen LogP contribution is 2.08. The van der Waals surface area contributed by atoms with Gasteiger partial charge in [0.1, 0.15) is 0 Å². The van der Waals surface area contributed by atoms with Crippen molar-refractivity contribution in [1.82, 2.24) is 4.72 Å².